The van der Waals surface area contributed by atoms with Crippen LogP contribution in [-0.4, -0.2) is 96.7 Å². The van der Waals surface area contributed by atoms with Crippen LogP contribution >= 0.6 is 15.6 Å². The molecule has 0 saturated carbocycles. The summed E-state index contributed by atoms with van der Waals surface area (Å²) in [5, 5.41) is 10.6. The predicted molar refractivity (Wildman–Crippen MR) is 391 cm³/mol. The highest BCUT2D eigenvalue weighted by Crippen LogP contribution is 2.45. The fraction of sp³-hybridized carbons (Fsp3) is 0.948. The Balaban J connectivity index is 5.11. The predicted octanol–water partition coefficient (Wildman–Crippen LogP) is 22.9. The van der Waals surface area contributed by atoms with E-state index in [-0.39, 0.29) is 25.7 Å². The van der Waals surface area contributed by atoms with Gasteiger partial charge in [0.05, 0.1) is 26.4 Å². The van der Waals surface area contributed by atoms with Crippen LogP contribution in [0, 0.1) is 5.92 Å². The van der Waals surface area contributed by atoms with Gasteiger partial charge >= 0.3 is 39.5 Å². The summed E-state index contributed by atoms with van der Waals surface area (Å²) >= 11 is 0. The van der Waals surface area contributed by atoms with Crippen LogP contribution in [0.25, 0.3) is 0 Å². The maximum Gasteiger partial charge on any atom is 0.472 e. The number of aliphatic hydroxyl groups excluding tert-OH is 1. The van der Waals surface area contributed by atoms with Crippen molar-refractivity contribution < 1.29 is 80.2 Å². The third-order valence-corrected chi connectivity index (χ3v) is 19.9. The van der Waals surface area contributed by atoms with Crippen LogP contribution in [0.15, 0.2) is 0 Å². The largest absolute Gasteiger partial charge is 0.472 e. The first-order valence-electron chi connectivity index (χ1n) is 40.1. The normalized spacial score (nSPS) is 13.9. The highest BCUT2D eigenvalue weighted by atomic mass is 31.2. The van der Waals surface area contributed by atoms with E-state index < -0.39 is 97.5 Å². The molecule has 0 aromatic carbocycles. The number of unbranched alkanes of at least 4 members (excludes halogenated alkanes) is 49. The molecular formula is C77H150O17P2. The monoisotopic (exact) mass is 1410 g/mol. The molecule has 0 aliphatic heterocycles. The fourth-order valence-electron chi connectivity index (χ4n) is 11.9. The van der Waals surface area contributed by atoms with E-state index in [1.807, 2.05) is 0 Å². The Morgan fingerprint density at radius 2 is 0.479 bits per heavy atom. The van der Waals surface area contributed by atoms with Crippen LogP contribution in [0.2, 0.25) is 0 Å². The van der Waals surface area contributed by atoms with Crippen LogP contribution in [0.1, 0.15) is 407 Å². The lowest BCUT2D eigenvalue weighted by Crippen LogP contribution is -2.30. The molecule has 0 rings (SSSR count). The lowest BCUT2D eigenvalue weighted by Gasteiger charge is -2.21. The molecule has 19 heteroatoms. The van der Waals surface area contributed by atoms with E-state index >= 15 is 0 Å². The smallest absolute Gasteiger partial charge is 0.462 e. The van der Waals surface area contributed by atoms with E-state index in [4.69, 9.17) is 37.0 Å². The molecule has 0 saturated heterocycles. The summed E-state index contributed by atoms with van der Waals surface area (Å²) in [6, 6.07) is 0. The van der Waals surface area contributed by atoms with Gasteiger partial charge in [-0.25, -0.2) is 9.13 Å². The Morgan fingerprint density at radius 1 is 0.281 bits per heavy atom. The molecule has 17 nitrogen and oxygen atoms in total. The van der Waals surface area contributed by atoms with Gasteiger partial charge in [0, 0.05) is 25.7 Å². The van der Waals surface area contributed by atoms with Crippen molar-refractivity contribution in [1.82, 2.24) is 0 Å². The maximum atomic E-state index is 13.1. The first-order chi connectivity index (χ1) is 46.5. The first kappa shape index (κ1) is 94.1. The van der Waals surface area contributed by atoms with Gasteiger partial charge in [0.15, 0.2) is 12.2 Å². The molecule has 0 radical (unpaired) electrons. The fourth-order valence-corrected chi connectivity index (χ4v) is 13.5. The number of hydrogen-bond donors (Lipinski definition) is 3. The molecular weight excluding hydrogens is 1260 g/mol. The van der Waals surface area contributed by atoms with Crippen LogP contribution in [0.4, 0.5) is 0 Å². The Labute approximate surface area is 588 Å². The third-order valence-electron chi connectivity index (χ3n) is 18.0. The second-order valence-corrected chi connectivity index (χ2v) is 31.1. The summed E-state index contributed by atoms with van der Waals surface area (Å²) in [5.41, 5.74) is 0. The van der Waals surface area contributed by atoms with Crippen LogP contribution in [0.3, 0.4) is 0 Å². The van der Waals surface area contributed by atoms with E-state index in [1.54, 1.807) is 0 Å². The number of phosphoric acid groups is 2. The number of hydrogen-bond acceptors (Lipinski definition) is 15. The third kappa shape index (κ3) is 70.5. The topological polar surface area (TPSA) is 237 Å². The minimum atomic E-state index is -4.96. The molecule has 5 atom stereocenters. The lowest BCUT2D eigenvalue weighted by atomic mass is 10.0. The van der Waals surface area contributed by atoms with Gasteiger partial charge in [-0.2, -0.15) is 0 Å². The van der Waals surface area contributed by atoms with Crippen LogP contribution in [-0.2, 0) is 65.4 Å². The molecule has 0 fully saturated rings. The van der Waals surface area contributed by atoms with Gasteiger partial charge in [0.25, 0.3) is 0 Å². The van der Waals surface area contributed by atoms with Gasteiger partial charge in [0.1, 0.15) is 19.3 Å². The van der Waals surface area contributed by atoms with Crippen LogP contribution < -0.4 is 0 Å². The molecule has 0 aliphatic carbocycles. The summed E-state index contributed by atoms with van der Waals surface area (Å²) in [7, 11) is -9.90. The number of aliphatic hydroxyl groups is 1. The quantitative estimate of drug-likeness (QED) is 0.0222. The Bertz CT molecular complexity index is 1840. The number of phosphoric ester groups is 2. The zero-order valence-electron chi connectivity index (χ0n) is 62.5. The Kier molecular flexibility index (Phi) is 68.7. The number of carbonyl (C=O) groups is 4. The number of ether oxygens (including phenoxy) is 4. The van der Waals surface area contributed by atoms with E-state index in [9.17, 15) is 43.2 Å². The second-order valence-electron chi connectivity index (χ2n) is 28.2. The van der Waals surface area contributed by atoms with Gasteiger partial charge in [-0.15, -0.1) is 0 Å². The highest BCUT2D eigenvalue weighted by Gasteiger charge is 2.30. The SMILES string of the molecule is CCCCCCCCCCCCCCCCCCCCCCCCC(=O)O[C@H](COC(=O)CCCCCCCCCCCCCCCCC)COP(=O)(O)OC[C@@H](O)COP(=O)(O)OC[C@@H](COC(=O)CCCCCCC)OC(=O)CCCCCCCCCCCCCC(C)C. The zero-order chi connectivity index (χ0) is 70.5. The van der Waals surface area contributed by atoms with Crippen LogP contribution in [0.5, 0.6) is 0 Å². The molecule has 0 bridgehead atoms. The summed E-state index contributed by atoms with van der Waals surface area (Å²) in [4.78, 5) is 72.5. The van der Waals surface area contributed by atoms with Gasteiger partial charge < -0.3 is 33.8 Å². The standard InChI is InChI=1S/C77H150O17P2/c1-6-9-12-15-17-19-21-23-25-26-27-28-29-30-31-33-35-39-43-47-52-57-62-77(82)94-73(67-88-75(80)61-56-51-46-42-38-34-32-24-22-20-18-16-13-10-7-2)69-92-96(85,86)90-65-71(78)64-89-95(83,84)91-68-72(66-87-74(79)60-55-49-14-11-8-3)93-76(81)63-58-53-48-44-40-36-37-41-45-50-54-59-70(4)5/h70-73,78H,6-69H2,1-5H3,(H,83,84)(H,85,86)/t71-,72+,73+/m0/s1. The minimum absolute atomic E-state index is 0.106. The van der Waals surface area contributed by atoms with Crippen molar-refractivity contribution in [2.75, 3.05) is 39.6 Å². The number of carbonyl (C=O) groups excluding carboxylic acids is 4. The molecule has 570 valence electrons. The molecule has 0 aliphatic rings. The van der Waals surface area contributed by atoms with Crippen molar-refractivity contribution in [2.24, 2.45) is 5.92 Å². The van der Waals surface area contributed by atoms with E-state index in [0.717, 1.165) is 102 Å². The van der Waals surface area contributed by atoms with E-state index in [1.165, 1.54) is 225 Å². The number of esters is 4. The van der Waals surface area contributed by atoms with Crippen molar-refractivity contribution in [3.05, 3.63) is 0 Å². The van der Waals surface area contributed by atoms with Crippen molar-refractivity contribution >= 4 is 39.5 Å². The maximum absolute atomic E-state index is 13.1. The highest BCUT2D eigenvalue weighted by molar-refractivity contribution is 7.47. The minimum Gasteiger partial charge on any atom is -0.462 e. The second kappa shape index (κ2) is 70.1. The summed E-state index contributed by atoms with van der Waals surface area (Å²) < 4.78 is 68.3. The molecule has 2 unspecified atom stereocenters. The molecule has 96 heavy (non-hydrogen) atoms. The average Bonchev–Trinajstić information content (AvgIpc) is 1.10. The van der Waals surface area contributed by atoms with Gasteiger partial charge in [-0.05, 0) is 31.6 Å². The van der Waals surface area contributed by atoms with E-state index in [0.29, 0.717) is 25.7 Å². The van der Waals surface area contributed by atoms with E-state index in [2.05, 4.69) is 34.6 Å². The summed E-state index contributed by atoms with van der Waals surface area (Å²) in [5.74, 6) is -1.36. The van der Waals surface area contributed by atoms with Crippen molar-refractivity contribution in [2.45, 2.75) is 425 Å². The Hall–Kier alpha value is -1.94. The Morgan fingerprint density at radius 3 is 0.708 bits per heavy atom. The van der Waals surface area contributed by atoms with Crippen molar-refractivity contribution in [3.63, 3.8) is 0 Å². The molecule has 3 N–H and O–H groups in total. The molecule has 0 spiro atoms. The van der Waals surface area contributed by atoms with Gasteiger partial charge in [-0.3, -0.25) is 37.3 Å². The van der Waals surface area contributed by atoms with Gasteiger partial charge in [-0.1, -0.05) is 356 Å². The first-order valence-corrected chi connectivity index (χ1v) is 43.1. The lowest BCUT2D eigenvalue weighted by molar-refractivity contribution is -0.161. The molecule has 0 aromatic heterocycles. The molecule has 0 amide bonds. The average molecular weight is 1410 g/mol. The summed E-state index contributed by atoms with van der Waals surface area (Å²) in [6.07, 6.45) is 60.2. The number of rotatable bonds is 77. The van der Waals surface area contributed by atoms with Gasteiger partial charge in [0.2, 0.25) is 0 Å². The summed E-state index contributed by atoms with van der Waals surface area (Å²) in [6.45, 7) is 7.21. The zero-order valence-corrected chi connectivity index (χ0v) is 64.3. The van der Waals surface area contributed by atoms with Crippen molar-refractivity contribution in [1.29, 1.82) is 0 Å². The van der Waals surface area contributed by atoms with Crippen molar-refractivity contribution in [3.8, 4) is 0 Å². The molecule has 0 aromatic rings. The molecule has 0 heterocycles.